The second-order valence-corrected chi connectivity index (χ2v) is 5.12. The summed E-state index contributed by atoms with van der Waals surface area (Å²) < 4.78 is 5.57. The maximum Gasteiger partial charge on any atom is 0.230 e. The van der Waals surface area contributed by atoms with Gasteiger partial charge < -0.3 is 10.2 Å². The Balaban J connectivity index is 2.12. The first-order chi connectivity index (χ1) is 9.56. The molecule has 1 aromatic heterocycles. The highest BCUT2D eigenvalue weighted by Crippen LogP contribution is 2.31. The van der Waals surface area contributed by atoms with Gasteiger partial charge in [-0.1, -0.05) is 41.4 Å². The molecule has 0 saturated heterocycles. The molecule has 0 fully saturated rings. The van der Waals surface area contributed by atoms with E-state index in [9.17, 15) is 4.79 Å². The first-order valence-electron chi connectivity index (χ1n) is 6.15. The number of aryl methyl sites for hydroxylation is 1. The van der Waals surface area contributed by atoms with E-state index in [4.69, 9.17) is 21.8 Å². The third-order valence-electron chi connectivity index (χ3n) is 3.21. The predicted octanol–water partition coefficient (Wildman–Crippen LogP) is 4.21. The molecule has 2 aromatic carbocycles. The van der Waals surface area contributed by atoms with Crippen LogP contribution in [0, 0.1) is 6.92 Å². The number of rotatable bonds is 2. The lowest BCUT2D eigenvalue weighted by Gasteiger charge is -1.99. The van der Waals surface area contributed by atoms with Crippen molar-refractivity contribution in [2.75, 3.05) is 5.73 Å². The molecule has 3 rings (SSSR count). The zero-order valence-corrected chi connectivity index (χ0v) is 11.6. The molecular weight excluding hydrogens is 274 g/mol. The van der Waals surface area contributed by atoms with Gasteiger partial charge in [-0.15, -0.1) is 0 Å². The third-order valence-corrected chi connectivity index (χ3v) is 3.44. The van der Waals surface area contributed by atoms with Crippen LogP contribution in [0.2, 0.25) is 5.02 Å². The van der Waals surface area contributed by atoms with Crippen molar-refractivity contribution in [3.05, 3.63) is 64.4 Å². The lowest BCUT2D eigenvalue weighted by atomic mass is 10.1. The molecule has 0 aliphatic heterocycles. The fraction of sp³-hybridized carbons (Fsp3) is 0.0625. The average molecular weight is 286 g/mol. The van der Waals surface area contributed by atoms with Crippen LogP contribution in [-0.2, 0) is 0 Å². The highest BCUT2D eigenvalue weighted by atomic mass is 35.5. The summed E-state index contributed by atoms with van der Waals surface area (Å²) in [5.74, 6) is -0.0686. The minimum Gasteiger partial charge on any atom is -0.450 e. The number of halogens is 1. The summed E-state index contributed by atoms with van der Waals surface area (Å²) in [6.45, 7) is 1.96. The van der Waals surface area contributed by atoms with Gasteiger partial charge in [0.25, 0.3) is 0 Å². The molecule has 0 amide bonds. The van der Waals surface area contributed by atoms with E-state index in [0.717, 1.165) is 5.56 Å². The van der Waals surface area contributed by atoms with Crippen molar-refractivity contribution in [3.8, 4) is 0 Å². The Morgan fingerprint density at radius 3 is 2.55 bits per heavy atom. The Morgan fingerprint density at radius 1 is 1.15 bits per heavy atom. The summed E-state index contributed by atoms with van der Waals surface area (Å²) in [7, 11) is 0. The van der Waals surface area contributed by atoms with Gasteiger partial charge in [0.1, 0.15) is 5.58 Å². The van der Waals surface area contributed by atoms with Gasteiger partial charge in [0, 0.05) is 16.0 Å². The molecular formula is C16H12ClNO2. The van der Waals surface area contributed by atoms with Gasteiger partial charge in [-0.3, -0.25) is 4.79 Å². The quantitative estimate of drug-likeness (QED) is 0.718. The Labute approximate surface area is 120 Å². The number of carbonyl (C=O) groups is 1. The van der Waals surface area contributed by atoms with Gasteiger partial charge >= 0.3 is 0 Å². The second-order valence-electron chi connectivity index (χ2n) is 4.68. The molecule has 0 atom stereocenters. The Hall–Kier alpha value is -2.26. The van der Waals surface area contributed by atoms with Crippen molar-refractivity contribution in [1.29, 1.82) is 0 Å². The zero-order valence-electron chi connectivity index (χ0n) is 10.8. The van der Waals surface area contributed by atoms with Gasteiger partial charge in [0.2, 0.25) is 5.78 Å². The number of nitrogens with two attached hydrogens (primary N) is 1. The van der Waals surface area contributed by atoms with E-state index in [-0.39, 0.29) is 11.5 Å². The largest absolute Gasteiger partial charge is 0.450 e. The first kappa shape index (κ1) is 12.8. The topological polar surface area (TPSA) is 56.2 Å². The van der Waals surface area contributed by atoms with Crippen LogP contribution in [0.4, 0.5) is 5.69 Å². The summed E-state index contributed by atoms with van der Waals surface area (Å²) in [6.07, 6.45) is 0. The number of benzene rings is 2. The van der Waals surface area contributed by atoms with Crippen LogP contribution in [-0.4, -0.2) is 5.78 Å². The Bertz CT molecular complexity index is 803. The maximum absolute atomic E-state index is 12.4. The van der Waals surface area contributed by atoms with Crippen LogP contribution in [0.1, 0.15) is 21.7 Å². The van der Waals surface area contributed by atoms with Crippen molar-refractivity contribution >= 4 is 34.0 Å². The van der Waals surface area contributed by atoms with Crippen molar-refractivity contribution in [2.45, 2.75) is 6.92 Å². The zero-order chi connectivity index (χ0) is 14.3. The minimum atomic E-state index is -0.227. The Kier molecular flexibility index (Phi) is 2.99. The number of fused-ring (bicyclic) bond motifs is 1. The summed E-state index contributed by atoms with van der Waals surface area (Å²) in [5.41, 5.74) is 8.52. The van der Waals surface area contributed by atoms with Gasteiger partial charge in [0.05, 0.1) is 5.69 Å². The molecule has 3 aromatic rings. The van der Waals surface area contributed by atoms with Crippen LogP contribution >= 0.6 is 11.6 Å². The van der Waals surface area contributed by atoms with Crippen molar-refractivity contribution in [3.63, 3.8) is 0 Å². The highest BCUT2D eigenvalue weighted by Gasteiger charge is 2.20. The molecule has 20 heavy (non-hydrogen) atoms. The highest BCUT2D eigenvalue weighted by molar-refractivity contribution is 6.31. The van der Waals surface area contributed by atoms with Crippen LogP contribution in [0.3, 0.4) is 0 Å². The van der Waals surface area contributed by atoms with Gasteiger partial charge in [-0.05, 0) is 25.1 Å². The lowest BCUT2D eigenvalue weighted by Crippen LogP contribution is -2.02. The van der Waals surface area contributed by atoms with E-state index in [1.165, 1.54) is 0 Å². The molecule has 4 heteroatoms. The van der Waals surface area contributed by atoms with E-state index in [0.29, 0.717) is 27.2 Å². The molecule has 3 nitrogen and oxygen atoms in total. The second kappa shape index (κ2) is 4.69. The van der Waals surface area contributed by atoms with E-state index in [2.05, 4.69) is 0 Å². The number of ketones is 1. The monoisotopic (exact) mass is 285 g/mol. The number of nitrogen functional groups attached to an aromatic ring is 1. The fourth-order valence-electron chi connectivity index (χ4n) is 2.09. The van der Waals surface area contributed by atoms with Gasteiger partial charge in [-0.25, -0.2) is 0 Å². The SMILES string of the molecule is Cc1ccc(C(=O)c2oc3ccc(Cl)cc3c2N)cc1. The Morgan fingerprint density at radius 2 is 1.85 bits per heavy atom. The van der Waals surface area contributed by atoms with E-state index >= 15 is 0 Å². The fourth-order valence-corrected chi connectivity index (χ4v) is 2.27. The molecule has 1 heterocycles. The number of hydrogen-bond acceptors (Lipinski definition) is 3. The van der Waals surface area contributed by atoms with Crippen molar-refractivity contribution < 1.29 is 9.21 Å². The number of carbonyl (C=O) groups excluding carboxylic acids is 1. The molecule has 0 spiro atoms. The van der Waals surface area contributed by atoms with Crippen LogP contribution in [0.15, 0.2) is 46.9 Å². The summed E-state index contributed by atoms with van der Waals surface area (Å²) >= 11 is 5.93. The molecule has 0 aliphatic rings. The average Bonchev–Trinajstić information content (AvgIpc) is 2.76. The number of hydrogen-bond donors (Lipinski definition) is 1. The first-order valence-corrected chi connectivity index (χ1v) is 6.53. The lowest BCUT2D eigenvalue weighted by molar-refractivity contribution is 0.101. The van der Waals surface area contributed by atoms with E-state index in [1.807, 2.05) is 19.1 Å². The van der Waals surface area contributed by atoms with Crippen LogP contribution in [0.25, 0.3) is 11.0 Å². The predicted molar refractivity (Wildman–Crippen MR) is 80.2 cm³/mol. The maximum atomic E-state index is 12.4. The van der Waals surface area contributed by atoms with E-state index in [1.54, 1.807) is 30.3 Å². The molecule has 100 valence electrons. The van der Waals surface area contributed by atoms with Crippen molar-refractivity contribution in [2.24, 2.45) is 0 Å². The normalized spacial score (nSPS) is 10.9. The number of anilines is 1. The van der Waals surface area contributed by atoms with Gasteiger partial charge in [-0.2, -0.15) is 0 Å². The van der Waals surface area contributed by atoms with Crippen LogP contribution < -0.4 is 5.73 Å². The molecule has 2 N–H and O–H groups in total. The minimum absolute atomic E-state index is 0.158. The third kappa shape index (κ3) is 2.06. The molecule has 0 radical (unpaired) electrons. The van der Waals surface area contributed by atoms with Gasteiger partial charge in [0.15, 0.2) is 5.76 Å². The van der Waals surface area contributed by atoms with Crippen LogP contribution in [0.5, 0.6) is 0 Å². The standard InChI is InChI=1S/C16H12ClNO2/c1-9-2-4-10(5-3-9)15(19)16-14(18)12-8-11(17)6-7-13(12)20-16/h2-8H,18H2,1H3. The summed E-state index contributed by atoms with van der Waals surface area (Å²) in [4.78, 5) is 12.4. The molecule has 0 unspecified atom stereocenters. The molecule has 0 saturated carbocycles. The molecule has 0 bridgehead atoms. The number of furan rings is 1. The summed E-state index contributed by atoms with van der Waals surface area (Å²) in [5, 5.41) is 1.22. The molecule has 0 aliphatic carbocycles. The summed E-state index contributed by atoms with van der Waals surface area (Å²) in [6, 6.07) is 12.4. The van der Waals surface area contributed by atoms with Crippen molar-refractivity contribution in [1.82, 2.24) is 0 Å². The smallest absolute Gasteiger partial charge is 0.230 e. The van der Waals surface area contributed by atoms with E-state index < -0.39 is 0 Å².